The number of hydrogen-bond acceptors (Lipinski definition) is 19. The topological polar surface area (TPSA) is 293 Å². The third-order valence-corrected chi connectivity index (χ3v) is 19.6. The summed E-state index contributed by atoms with van der Waals surface area (Å²) in [5.74, 6) is -4.09. The van der Waals surface area contributed by atoms with E-state index >= 15 is 0 Å². The Bertz CT molecular complexity index is 3100. The lowest BCUT2D eigenvalue weighted by molar-refractivity contribution is -0.173. The second-order valence-corrected chi connectivity index (χ2v) is 27.1. The molecule has 7 unspecified atom stereocenters. The van der Waals surface area contributed by atoms with Crippen LogP contribution in [0.3, 0.4) is 0 Å². The highest BCUT2D eigenvalue weighted by atomic mass is 32.2. The van der Waals surface area contributed by atoms with Crippen LogP contribution in [0, 0.1) is 24.7 Å². The molecule has 22 nitrogen and oxygen atoms in total. The Kier molecular flexibility index (Phi) is 27.4. The molecule has 12 atom stereocenters. The van der Waals surface area contributed by atoms with Crippen LogP contribution in [0.5, 0.6) is 5.75 Å². The average Bonchev–Trinajstić information content (AvgIpc) is 1.54. The number of ketones is 1. The predicted molar refractivity (Wildman–Crippen MR) is 352 cm³/mol. The largest absolute Gasteiger partial charge is 0.496 e. The molecule has 506 valence electrons. The smallest absolute Gasteiger partial charge is 0.412 e. The number of carbonyl (C=O) groups is 9. The monoisotopic (exact) mass is 1320 g/mol. The Morgan fingerprint density at radius 3 is 2.35 bits per heavy atom. The summed E-state index contributed by atoms with van der Waals surface area (Å²) in [6.07, 6.45) is 11.3. The molecule has 2 aliphatic carbocycles. The summed E-state index contributed by atoms with van der Waals surface area (Å²) in [6, 6.07) is 7.56. The number of hydrogen-bond donors (Lipinski definition) is 5. The van der Waals surface area contributed by atoms with Gasteiger partial charge in [0.1, 0.15) is 53.7 Å². The van der Waals surface area contributed by atoms with Crippen molar-refractivity contribution in [2.45, 2.75) is 199 Å². The minimum absolute atomic E-state index is 0.0374. The molecule has 92 heavy (non-hydrogen) atoms. The fraction of sp³-hybridized carbons (Fsp3) is 0.603. The number of amides is 5. The molecule has 2 aliphatic heterocycles. The Morgan fingerprint density at radius 2 is 1.63 bits per heavy atom. The number of carbonyl (C=O) groups excluding carboxylic acids is 9. The van der Waals surface area contributed by atoms with Crippen molar-refractivity contribution < 1.29 is 81.4 Å². The first-order chi connectivity index (χ1) is 43.5. The van der Waals surface area contributed by atoms with E-state index in [-0.39, 0.29) is 78.5 Å². The fourth-order valence-corrected chi connectivity index (χ4v) is 13.0. The van der Waals surface area contributed by atoms with Crippen LogP contribution in [0.4, 0.5) is 21.0 Å². The third kappa shape index (κ3) is 20.4. The molecule has 5 amide bonds. The van der Waals surface area contributed by atoms with E-state index in [0.717, 1.165) is 59.7 Å². The molecular weight excluding hydrogens is 1220 g/mol. The van der Waals surface area contributed by atoms with Crippen molar-refractivity contribution in [3.8, 4) is 5.75 Å². The van der Waals surface area contributed by atoms with Gasteiger partial charge >= 0.3 is 24.1 Å². The van der Waals surface area contributed by atoms with Gasteiger partial charge in [-0.1, -0.05) is 87.9 Å². The van der Waals surface area contributed by atoms with Gasteiger partial charge in [-0.05, 0) is 132 Å². The van der Waals surface area contributed by atoms with Crippen LogP contribution >= 0.6 is 23.5 Å². The van der Waals surface area contributed by atoms with Gasteiger partial charge in [0, 0.05) is 69.9 Å². The first kappa shape index (κ1) is 74.3. The van der Waals surface area contributed by atoms with E-state index in [4.69, 9.17) is 33.2 Å². The number of aliphatic hydroxyl groups is 1. The molecule has 4 bridgehead atoms. The Hall–Kier alpha value is -6.73. The number of thioether (sulfide) groups is 2. The number of esters is 2. The first-order valence-corrected chi connectivity index (χ1v) is 34.0. The molecule has 0 aromatic heterocycles. The summed E-state index contributed by atoms with van der Waals surface area (Å²) in [6.45, 7) is 15.7. The lowest BCUT2D eigenvalue weighted by Crippen LogP contribution is -2.67. The molecule has 2 aromatic carbocycles. The van der Waals surface area contributed by atoms with Gasteiger partial charge in [-0.15, -0.1) is 0 Å². The third-order valence-electron chi connectivity index (χ3n) is 18.0. The van der Waals surface area contributed by atoms with E-state index in [0.29, 0.717) is 37.0 Å². The molecule has 6 rings (SSSR count). The number of Topliss-reactive ketones (excluding diaryl/α,β-unsaturated/α-hetero) is 1. The maximum Gasteiger partial charge on any atom is 0.412 e. The van der Waals surface area contributed by atoms with Crippen molar-refractivity contribution in [3.63, 3.8) is 0 Å². The number of fused-ring (bicyclic) bond motifs is 5. The highest BCUT2D eigenvalue weighted by molar-refractivity contribution is 8.13. The van der Waals surface area contributed by atoms with Gasteiger partial charge in [0.15, 0.2) is 10.8 Å². The van der Waals surface area contributed by atoms with Gasteiger partial charge in [0.25, 0.3) is 0 Å². The number of rotatable bonds is 23. The van der Waals surface area contributed by atoms with Crippen molar-refractivity contribution in [1.29, 1.82) is 0 Å². The maximum absolute atomic E-state index is 14.6. The van der Waals surface area contributed by atoms with Crippen molar-refractivity contribution in [3.05, 3.63) is 88.5 Å². The number of ether oxygens (including phenoxy) is 7. The molecule has 24 heteroatoms. The van der Waals surface area contributed by atoms with Crippen LogP contribution in [0.15, 0.2) is 66.3 Å². The van der Waals surface area contributed by atoms with Crippen LogP contribution in [0.2, 0.25) is 0 Å². The van der Waals surface area contributed by atoms with Gasteiger partial charge in [-0.25, -0.2) is 14.4 Å². The zero-order chi connectivity index (χ0) is 67.7. The van der Waals surface area contributed by atoms with E-state index in [1.807, 2.05) is 44.2 Å². The molecule has 2 aromatic rings. The van der Waals surface area contributed by atoms with Crippen LogP contribution in [0.25, 0.3) is 0 Å². The molecule has 5 N–H and O–H groups in total. The lowest BCUT2D eigenvalue weighted by atomic mass is 9.75. The zero-order valence-electron chi connectivity index (χ0n) is 55.5. The van der Waals surface area contributed by atoms with Crippen LogP contribution in [0.1, 0.15) is 154 Å². The lowest BCUT2D eigenvalue weighted by Gasteiger charge is -2.47. The number of likely N-dealkylation sites (N-methyl/N-ethyl adjacent to an activating group) is 1. The Morgan fingerprint density at radius 1 is 0.891 bits per heavy atom. The molecule has 2 heterocycles. The standard InChI is InChI=1S/C68H95N5O17S2/c1-40-20-19-23-55(85-12)68(83)39-66(8,90-65(82)72-68)45(6)60-67(9,89-60)56(36-53(74)43(4)50-33-48(32-40)35-54(84-11)44(50)5)88-62(79)46(7)73(10)59(77)29-31-92-63(80)42(3)25-24-41(2)61(78)86-37-47-26-27-51(71-64(81)87-49-21-17-15-14-16-18-22-49)52(34-47)70-57(75)28-30-69-58(76)38-91-13/h17,19-21,23,26-27,33-35,41-43,45-46,49,55-56,60,83H,14-16,18,22,24-25,28-32,36-39H2,1-13H3,(H,69,76)(H,70,75)(H,71,81)(H,72,82)/b21-17+,23-19+,40-20+/t41?,42?,43?,45-,46-,49?,55?,56-,60-,66?,67-,68?/m0/s1. The van der Waals surface area contributed by atoms with Gasteiger partial charge in [0.05, 0.1) is 36.3 Å². The Balaban J connectivity index is 1.04. The second-order valence-electron chi connectivity index (χ2n) is 25.2. The molecule has 0 radical (unpaired) electrons. The number of anilines is 2. The second kappa shape index (κ2) is 33.9. The van der Waals surface area contributed by atoms with E-state index in [1.165, 1.54) is 37.7 Å². The first-order valence-electron chi connectivity index (χ1n) is 31.6. The molecule has 0 saturated carbocycles. The van der Waals surface area contributed by atoms with E-state index in [9.17, 15) is 48.3 Å². The molecular formula is C68H95N5O17S2. The van der Waals surface area contributed by atoms with Crippen LogP contribution in [-0.2, 0) is 75.0 Å². The van der Waals surface area contributed by atoms with E-state index in [1.54, 1.807) is 85.3 Å². The number of alkyl carbamates (subject to hydrolysis) is 1. The fourth-order valence-electron chi connectivity index (χ4n) is 11.7. The quantitative estimate of drug-likeness (QED) is 0.0299. The highest BCUT2D eigenvalue weighted by Gasteiger charge is 2.67. The maximum atomic E-state index is 14.6. The number of allylic oxidation sites excluding steroid dienone is 4. The number of nitrogens with zero attached hydrogens (tertiary/aromatic N) is 1. The number of benzene rings is 2. The molecule has 0 spiro atoms. The Labute approximate surface area is 549 Å². The average molecular weight is 1320 g/mol. The van der Waals surface area contributed by atoms with Crippen molar-refractivity contribution in [1.82, 2.24) is 15.5 Å². The number of methoxy groups -OCH3 is 2. The van der Waals surface area contributed by atoms with Crippen molar-refractivity contribution in [2.75, 3.05) is 56.2 Å². The van der Waals surface area contributed by atoms with Crippen LogP contribution < -0.4 is 26.0 Å². The summed E-state index contributed by atoms with van der Waals surface area (Å²) in [5, 5.41) is 22.7. The van der Waals surface area contributed by atoms with Crippen molar-refractivity contribution >= 4 is 87.6 Å². The molecule has 2 saturated heterocycles. The SMILES string of the molecule is COc1cc2cc(c1C)C(C)C(=O)C[C@H](OC(=O)[C@H](C)N(C)C(=O)CCSC(=O)C(C)CCC(C)C(=O)OCc1ccc(NC(=O)OC3/C=C/CCCCC3)c(NC(=O)CCNC(=O)CSC)c1)[C@]1(C)O[C@H]1[C@H](C)C1(C)CC(O)(NC(=O)O1)C(OC)/C=C/C=C(\C)C2. The summed E-state index contributed by atoms with van der Waals surface area (Å²) in [7, 11) is 4.45. The van der Waals surface area contributed by atoms with Gasteiger partial charge in [-0.2, -0.15) is 11.8 Å². The normalized spacial score (nSPS) is 27.1. The summed E-state index contributed by atoms with van der Waals surface area (Å²) in [4.78, 5) is 122. The van der Waals surface area contributed by atoms with E-state index in [2.05, 4.69) is 21.3 Å². The van der Waals surface area contributed by atoms with Crippen molar-refractivity contribution in [2.24, 2.45) is 17.8 Å². The highest BCUT2D eigenvalue weighted by Crippen LogP contribution is 2.52. The molecule has 2 fully saturated rings. The zero-order valence-corrected chi connectivity index (χ0v) is 57.2. The number of nitrogens with one attached hydrogen (secondary N) is 4. The summed E-state index contributed by atoms with van der Waals surface area (Å²) in [5.41, 5.74) is -0.212. The minimum Gasteiger partial charge on any atom is -0.496 e. The molecule has 4 aliphatic rings. The minimum atomic E-state index is -1.91. The summed E-state index contributed by atoms with van der Waals surface area (Å²) < 4.78 is 41.5. The van der Waals surface area contributed by atoms with Gasteiger partial charge in [-0.3, -0.25) is 39.4 Å². The van der Waals surface area contributed by atoms with Crippen LogP contribution in [-0.4, -0.2) is 156 Å². The van der Waals surface area contributed by atoms with E-state index < -0.39 is 107 Å². The predicted octanol–water partition coefficient (Wildman–Crippen LogP) is 9.96. The summed E-state index contributed by atoms with van der Waals surface area (Å²) >= 11 is 2.33. The number of epoxide rings is 1. The van der Waals surface area contributed by atoms with Gasteiger partial charge in [0.2, 0.25) is 17.7 Å². The van der Waals surface area contributed by atoms with Gasteiger partial charge < -0.3 is 53.8 Å².